The first kappa shape index (κ1) is 24.5. The van der Waals surface area contributed by atoms with E-state index in [1.165, 1.54) is 16.3 Å². The predicted molar refractivity (Wildman–Crippen MR) is 132 cm³/mol. The minimum atomic E-state index is -3.60. The Hall–Kier alpha value is -2.12. The fourth-order valence-electron chi connectivity index (χ4n) is 4.53. The molecule has 0 radical (unpaired) electrons. The van der Waals surface area contributed by atoms with Crippen molar-refractivity contribution in [2.45, 2.75) is 55.6 Å². The normalized spacial score (nSPS) is 19.8. The highest BCUT2D eigenvalue weighted by Crippen LogP contribution is 2.28. The molecule has 2 N–H and O–H groups in total. The Morgan fingerprint density at radius 3 is 2.28 bits per heavy atom. The van der Waals surface area contributed by atoms with Gasteiger partial charge in [-0.15, -0.1) is 12.4 Å². The van der Waals surface area contributed by atoms with Crippen molar-refractivity contribution in [3.63, 3.8) is 0 Å². The van der Waals surface area contributed by atoms with Crippen LogP contribution < -0.4 is 14.8 Å². The highest BCUT2D eigenvalue weighted by atomic mass is 35.5. The van der Waals surface area contributed by atoms with E-state index < -0.39 is 10.0 Å². The molecule has 0 bridgehead atoms. The molecule has 5 nitrogen and oxygen atoms in total. The molecule has 0 aromatic heterocycles. The van der Waals surface area contributed by atoms with Crippen molar-refractivity contribution < 1.29 is 13.2 Å². The predicted octanol–water partition coefficient (Wildman–Crippen LogP) is 5.21. The van der Waals surface area contributed by atoms with E-state index in [0.29, 0.717) is 5.75 Å². The van der Waals surface area contributed by atoms with Gasteiger partial charge in [-0.2, -0.15) is 0 Å². The fraction of sp³-hybridized carbons (Fsp3) is 0.360. The topological polar surface area (TPSA) is 67.4 Å². The van der Waals surface area contributed by atoms with Gasteiger partial charge < -0.3 is 10.1 Å². The molecule has 1 fully saturated rings. The summed E-state index contributed by atoms with van der Waals surface area (Å²) in [6.07, 6.45) is 3.90. The van der Waals surface area contributed by atoms with Crippen molar-refractivity contribution in [1.29, 1.82) is 0 Å². The number of benzene rings is 3. The van der Waals surface area contributed by atoms with Crippen LogP contribution in [0.5, 0.6) is 5.75 Å². The molecule has 7 heteroatoms. The lowest BCUT2D eigenvalue weighted by atomic mass is 9.89. The smallest absolute Gasteiger partial charge is 0.240 e. The molecule has 0 amide bonds. The van der Waals surface area contributed by atoms with Gasteiger partial charge in [-0.05, 0) is 60.4 Å². The van der Waals surface area contributed by atoms with Crippen molar-refractivity contribution in [1.82, 2.24) is 10.0 Å². The van der Waals surface area contributed by atoms with Crippen LogP contribution in [-0.2, 0) is 10.0 Å². The summed E-state index contributed by atoms with van der Waals surface area (Å²) in [5, 5.41) is 6.17. The summed E-state index contributed by atoms with van der Waals surface area (Å²) >= 11 is 0. The van der Waals surface area contributed by atoms with Gasteiger partial charge in [-0.1, -0.05) is 55.3 Å². The Morgan fingerprint density at radius 2 is 1.56 bits per heavy atom. The number of sulfonamides is 1. The summed E-state index contributed by atoms with van der Waals surface area (Å²) in [5.41, 5.74) is 1.24. The highest BCUT2D eigenvalue weighted by molar-refractivity contribution is 7.89. The number of fused-ring (bicyclic) bond motifs is 1. The first-order valence-electron chi connectivity index (χ1n) is 10.9. The van der Waals surface area contributed by atoms with E-state index in [2.05, 4.69) is 59.4 Å². The summed E-state index contributed by atoms with van der Waals surface area (Å²) in [4.78, 5) is 0.264. The summed E-state index contributed by atoms with van der Waals surface area (Å²) in [7, 11) is -2.03. The molecule has 1 saturated carbocycles. The van der Waals surface area contributed by atoms with Gasteiger partial charge in [0.2, 0.25) is 10.0 Å². The van der Waals surface area contributed by atoms with E-state index >= 15 is 0 Å². The molecule has 4 rings (SSSR count). The third-order valence-corrected chi connectivity index (χ3v) is 7.70. The molecular weight excluding hydrogens is 444 g/mol. The number of rotatable bonds is 7. The van der Waals surface area contributed by atoms with Crippen LogP contribution in [0.4, 0.5) is 0 Å². The molecule has 0 heterocycles. The number of hydrogen-bond acceptors (Lipinski definition) is 4. The van der Waals surface area contributed by atoms with Gasteiger partial charge in [0, 0.05) is 18.1 Å². The van der Waals surface area contributed by atoms with Crippen LogP contribution in [0.15, 0.2) is 71.6 Å². The van der Waals surface area contributed by atoms with Crippen LogP contribution in [0.25, 0.3) is 10.8 Å². The quantitative estimate of drug-likeness (QED) is 0.493. The Kier molecular flexibility index (Phi) is 8.17. The molecule has 0 saturated heterocycles. The van der Waals surface area contributed by atoms with Gasteiger partial charge in [-0.3, -0.25) is 0 Å². The third kappa shape index (κ3) is 5.44. The second-order valence-corrected chi connectivity index (χ2v) is 9.96. The highest BCUT2D eigenvalue weighted by Gasteiger charge is 2.30. The van der Waals surface area contributed by atoms with Crippen molar-refractivity contribution >= 4 is 33.2 Å². The molecular formula is C25H31ClN2O3S. The molecule has 0 spiro atoms. The summed E-state index contributed by atoms with van der Waals surface area (Å²) in [6.45, 7) is 2.16. The molecule has 2 unspecified atom stereocenters. The zero-order valence-electron chi connectivity index (χ0n) is 18.5. The van der Waals surface area contributed by atoms with Crippen LogP contribution in [0, 0.1) is 0 Å². The maximum absolute atomic E-state index is 13.0. The second kappa shape index (κ2) is 10.7. The molecule has 172 valence electrons. The monoisotopic (exact) mass is 474 g/mol. The van der Waals surface area contributed by atoms with Gasteiger partial charge in [0.15, 0.2) is 0 Å². The Bertz CT molecular complexity index is 1130. The molecule has 1 aliphatic carbocycles. The van der Waals surface area contributed by atoms with Crippen LogP contribution in [-0.4, -0.2) is 27.6 Å². The molecule has 3 aromatic rings. The Labute approximate surface area is 197 Å². The van der Waals surface area contributed by atoms with Crippen molar-refractivity contribution in [2.75, 3.05) is 7.11 Å². The molecule has 1 aliphatic rings. The average molecular weight is 475 g/mol. The number of halogens is 1. The average Bonchev–Trinajstić information content (AvgIpc) is 2.80. The number of ether oxygens (including phenoxy) is 1. The maximum Gasteiger partial charge on any atom is 0.240 e. The van der Waals surface area contributed by atoms with E-state index in [0.717, 1.165) is 25.7 Å². The van der Waals surface area contributed by atoms with E-state index in [9.17, 15) is 8.42 Å². The first-order valence-corrected chi connectivity index (χ1v) is 12.4. The van der Waals surface area contributed by atoms with E-state index in [-0.39, 0.29) is 35.4 Å². The second-order valence-electron chi connectivity index (χ2n) is 8.25. The van der Waals surface area contributed by atoms with Gasteiger partial charge in [0.25, 0.3) is 0 Å². The molecule has 3 aromatic carbocycles. The lowest BCUT2D eigenvalue weighted by molar-refractivity contribution is 0.291. The van der Waals surface area contributed by atoms with Crippen molar-refractivity contribution in [3.05, 3.63) is 72.3 Å². The van der Waals surface area contributed by atoms with Gasteiger partial charge in [0.05, 0.1) is 12.0 Å². The number of methoxy groups -OCH3 is 1. The van der Waals surface area contributed by atoms with E-state index in [1.54, 1.807) is 31.4 Å². The standard InChI is InChI=1S/C25H30N2O3S.ClH/c1-18(22-11-7-9-19-8-3-4-10-23(19)22)26-24-12-5-6-13-25(24)27-31(28,29)21-16-14-20(30-2)15-17-21;/h3-4,7-11,14-18,24-27H,5-6,12-13H2,1-2H3;1H/t18?,24-,25?;/m0./s1. The molecule has 3 atom stereocenters. The Balaban J connectivity index is 0.00000289. The van der Waals surface area contributed by atoms with Crippen LogP contribution in [0.2, 0.25) is 0 Å². The zero-order chi connectivity index (χ0) is 21.8. The van der Waals surface area contributed by atoms with E-state index in [1.807, 2.05) is 0 Å². The van der Waals surface area contributed by atoms with E-state index in [4.69, 9.17) is 4.74 Å². The van der Waals surface area contributed by atoms with Crippen LogP contribution in [0.1, 0.15) is 44.2 Å². The first-order chi connectivity index (χ1) is 15.0. The van der Waals surface area contributed by atoms with Crippen molar-refractivity contribution in [2.24, 2.45) is 0 Å². The summed E-state index contributed by atoms with van der Waals surface area (Å²) in [5.74, 6) is 0.639. The zero-order valence-corrected chi connectivity index (χ0v) is 20.1. The molecule has 32 heavy (non-hydrogen) atoms. The fourth-order valence-corrected chi connectivity index (χ4v) is 5.84. The number of hydrogen-bond donors (Lipinski definition) is 2. The number of nitrogens with one attached hydrogen (secondary N) is 2. The van der Waals surface area contributed by atoms with Crippen LogP contribution in [0.3, 0.4) is 0 Å². The lowest BCUT2D eigenvalue weighted by Gasteiger charge is -2.35. The minimum absolute atomic E-state index is 0. The molecule has 0 aliphatic heterocycles. The van der Waals surface area contributed by atoms with Gasteiger partial charge >= 0.3 is 0 Å². The third-order valence-electron chi connectivity index (χ3n) is 6.20. The SMILES string of the molecule is COc1ccc(S(=O)(=O)NC2CCCC[C@@H]2NC(C)c2cccc3ccccc23)cc1.Cl. The van der Waals surface area contributed by atoms with Crippen molar-refractivity contribution in [3.8, 4) is 5.75 Å². The largest absolute Gasteiger partial charge is 0.497 e. The summed E-state index contributed by atoms with van der Waals surface area (Å²) < 4.78 is 34.1. The minimum Gasteiger partial charge on any atom is -0.497 e. The maximum atomic E-state index is 13.0. The van der Waals surface area contributed by atoms with Gasteiger partial charge in [0.1, 0.15) is 5.75 Å². The van der Waals surface area contributed by atoms with Gasteiger partial charge in [-0.25, -0.2) is 13.1 Å². The summed E-state index contributed by atoms with van der Waals surface area (Å²) in [6, 6.07) is 21.3. The van der Waals surface area contributed by atoms with Crippen LogP contribution >= 0.6 is 12.4 Å². The Morgan fingerprint density at radius 1 is 0.906 bits per heavy atom. The lowest BCUT2D eigenvalue weighted by Crippen LogP contribution is -2.52.